The number of H-pyrrole nitrogens is 2. The number of rotatable bonds is 2. The molecule has 1 saturated heterocycles. The Morgan fingerprint density at radius 1 is 1.58 bits per heavy atom. The monoisotopic (exact) mass is 263 g/mol. The lowest BCUT2D eigenvalue weighted by Gasteiger charge is -2.13. The van der Waals surface area contributed by atoms with E-state index in [-0.39, 0.29) is 23.5 Å². The zero-order chi connectivity index (χ0) is 13.6. The summed E-state index contributed by atoms with van der Waals surface area (Å²) in [5.41, 5.74) is 7.28. The molecule has 1 aliphatic heterocycles. The molecule has 2 atom stereocenters. The van der Waals surface area contributed by atoms with Crippen LogP contribution < -0.4 is 11.3 Å². The molecule has 0 aromatic carbocycles. The molecule has 1 aliphatic rings. The molecule has 102 valence electrons. The van der Waals surface area contributed by atoms with Crippen LogP contribution in [0.5, 0.6) is 0 Å². The first kappa shape index (κ1) is 12.2. The highest BCUT2D eigenvalue weighted by Crippen LogP contribution is 2.21. The van der Waals surface area contributed by atoms with Gasteiger partial charge in [-0.1, -0.05) is 6.92 Å². The summed E-state index contributed by atoms with van der Waals surface area (Å²) in [5.74, 6) is 0.389. The fourth-order valence-electron chi connectivity index (χ4n) is 2.62. The predicted octanol–water partition coefficient (Wildman–Crippen LogP) is -0.354. The summed E-state index contributed by atoms with van der Waals surface area (Å²) >= 11 is 0. The third-order valence-electron chi connectivity index (χ3n) is 3.67. The summed E-state index contributed by atoms with van der Waals surface area (Å²) in [7, 11) is 0. The van der Waals surface area contributed by atoms with Crippen molar-refractivity contribution in [2.75, 3.05) is 18.8 Å². The van der Waals surface area contributed by atoms with Crippen LogP contribution in [-0.4, -0.2) is 44.2 Å². The fourth-order valence-corrected chi connectivity index (χ4v) is 2.62. The van der Waals surface area contributed by atoms with Crippen molar-refractivity contribution in [1.82, 2.24) is 19.9 Å². The maximum Gasteiger partial charge on any atom is 0.276 e. The first-order valence-corrected chi connectivity index (χ1v) is 6.30. The number of nitrogens with one attached hydrogen (secondary N) is 2. The van der Waals surface area contributed by atoms with E-state index in [2.05, 4.69) is 19.9 Å². The standard InChI is InChI=1S/C12H17N5O2/c1-6-3-17(5-8(6)18)4-7-2-14-10-9(7)15-12(13)16-11(10)19/h2,6,8,14,18H,3-5H2,1H3,(H3,13,15,16,19)/t6-,8-/m1/s1. The Bertz CT molecular complexity index is 652. The lowest BCUT2D eigenvalue weighted by molar-refractivity contribution is 0.147. The molecule has 0 amide bonds. The molecule has 2 aromatic heterocycles. The van der Waals surface area contributed by atoms with E-state index in [1.54, 1.807) is 6.20 Å². The summed E-state index contributed by atoms with van der Waals surface area (Å²) in [5, 5.41) is 9.76. The lowest BCUT2D eigenvalue weighted by atomic mass is 10.1. The number of aliphatic hydroxyl groups excluding tert-OH is 1. The second kappa shape index (κ2) is 4.36. The van der Waals surface area contributed by atoms with E-state index in [4.69, 9.17) is 5.73 Å². The van der Waals surface area contributed by atoms with Crippen molar-refractivity contribution >= 4 is 17.0 Å². The van der Waals surface area contributed by atoms with Gasteiger partial charge in [0.25, 0.3) is 5.56 Å². The minimum absolute atomic E-state index is 0.119. The van der Waals surface area contributed by atoms with Crippen LogP contribution in [0.1, 0.15) is 12.5 Å². The Morgan fingerprint density at radius 3 is 3.05 bits per heavy atom. The Labute approximate surface area is 109 Å². The third-order valence-corrected chi connectivity index (χ3v) is 3.67. The maximum atomic E-state index is 11.7. The highest BCUT2D eigenvalue weighted by Gasteiger charge is 2.28. The molecular weight excluding hydrogens is 246 g/mol. The van der Waals surface area contributed by atoms with E-state index in [0.717, 1.165) is 12.1 Å². The van der Waals surface area contributed by atoms with Crippen LogP contribution in [0.15, 0.2) is 11.0 Å². The van der Waals surface area contributed by atoms with E-state index in [9.17, 15) is 9.90 Å². The molecule has 0 radical (unpaired) electrons. The summed E-state index contributed by atoms with van der Waals surface area (Å²) in [6.45, 7) is 4.16. The third kappa shape index (κ3) is 2.11. The fraction of sp³-hybridized carbons (Fsp3) is 0.500. The Morgan fingerprint density at radius 2 is 2.37 bits per heavy atom. The number of hydrogen-bond acceptors (Lipinski definition) is 5. The summed E-state index contributed by atoms with van der Waals surface area (Å²) < 4.78 is 0. The van der Waals surface area contributed by atoms with Crippen LogP contribution in [0.25, 0.3) is 11.0 Å². The van der Waals surface area contributed by atoms with Crippen molar-refractivity contribution < 1.29 is 5.11 Å². The zero-order valence-corrected chi connectivity index (χ0v) is 10.7. The van der Waals surface area contributed by atoms with E-state index < -0.39 is 0 Å². The first-order valence-electron chi connectivity index (χ1n) is 6.30. The molecular formula is C12H17N5O2. The van der Waals surface area contributed by atoms with Gasteiger partial charge in [0.1, 0.15) is 11.0 Å². The summed E-state index contributed by atoms with van der Waals surface area (Å²) in [6, 6.07) is 0. The highest BCUT2D eigenvalue weighted by atomic mass is 16.3. The van der Waals surface area contributed by atoms with Crippen molar-refractivity contribution in [1.29, 1.82) is 0 Å². The van der Waals surface area contributed by atoms with Gasteiger partial charge in [0.05, 0.1) is 6.10 Å². The molecule has 5 N–H and O–H groups in total. The normalized spacial score (nSPS) is 24.3. The van der Waals surface area contributed by atoms with Gasteiger partial charge in [0, 0.05) is 31.4 Å². The van der Waals surface area contributed by atoms with Gasteiger partial charge < -0.3 is 15.8 Å². The molecule has 0 unspecified atom stereocenters. The molecule has 3 rings (SSSR count). The minimum Gasteiger partial charge on any atom is -0.391 e. The molecule has 0 aliphatic carbocycles. The van der Waals surface area contributed by atoms with E-state index >= 15 is 0 Å². The van der Waals surface area contributed by atoms with Gasteiger partial charge >= 0.3 is 0 Å². The summed E-state index contributed by atoms with van der Waals surface area (Å²) in [6.07, 6.45) is 1.49. The van der Waals surface area contributed by atoms with Gasteiger partial charge in [-0.2, -0.15) is 0 Å². The second-order valence-corrected chi connectivity index (χ2v) is 5.23. The molecule has 0 saturated carbocycles. The van der Waals surface area contributed by atoms with Crippen LogP contribution in [0.2, 0.25) is 0 Å². The van der Waals surface area contributed by atoms with Crippen molar-refractivity contribution in [3.05, 3.63) is 22.1 Å². The molecule has 19 heavy (non-hydrogen) atoms. The van der Waals surface area contributed by atoms with E-state index in [0.29, 0.717) is 24.1 Å². The van der Waals surface area contributed by atoms with Crippen molar-refractivity contribution in [3.63, 3.8) is 0 Å². The number of nitrogen functional groups attached to an aromatic ring is 1. The van der Waals surface area contributed by atoms with Gasteiger partial charge in [-0.05, 0) is 5.92 Å². The van der Waals surface area contributed by atoms with E-state index in [1.165, 1.54) is 0 Å². The number of fused-ring (bicyclic) bond motifs is 1. The number of β-amino-alcohol motifs (C(OH)–C–C–N with tert-alkyl or cyclic N) is 1. The van der Waals surface area contributed by atoms with Crippen LogP contribution >= 0.6 is 0 Å². The average Bonchev–Trinajstić information content (AvgIpc) is 2.85. The van der Waals surface area contributed by atoms with E-state index in [1.807, 2.05) is 6.92 Å². The Hall–Kier alpha value is -1.86. The smallest absolute Gasteiger partial charge is 0.276 e. The zero-order valence-electron chi connectivity index (χ0n) is 10.7. The number of aromatic nitrogens is 3. The number of aromatic amines is 2. The quantitative estimate of drug-likeness (QED) is 0.591. The van der Waals surface area contributed by atoms with Crippen LogP contribution in [-0.2, 0) is 6.54 Å². The number of likely N-dealkylation sites (tertiary alicyclic amines) is 1. The molecule has 0 spiro atoms. The highest BCUT2D eigenvalue weighted by molar-refractivity contribution is 5.78. The molecule has 0 bridgehead atoms. The van der Waals surface area contributed by atoms with Crippen molar-refractivity contribution in [2.45, 2.75) is 19.6 Å². The number of aliphatic hydroxyl groups is 1. The topological polar surface area (TPSA) is 111 Å². The molecule has 2 aromatic rings. The molecule has 1 fully saturated rings. The molecule has 3 heterocycles. The van der Waals surface area contributed by atoms with Crippen LogP contribution in [0, 0.1) is 5.92 Å². The van der Waals surface area contributed by atoms with Crippen LogP contribution in [0.3, 0.4) is 0 Å². The van der Waals surface area contributed by atoms with Crippen LogP contribution in [0.4, 0.5) is 5.95 Å². The SMILES string of the molecule is C[C@@H]1CN(Cc2c[nH]c3c(=O)[nH]c(N)nc23)C[C@H]1O. The van der Waals surface area contributed by atoms with Gasteiger partial charge in [0.15, 0.2) is 0 Å². The molecule has 7 nitrogen and oxygen atoms in total. The maximum absolute atomic E-state index is 11.7. The lowest BCUT2D eigenvalue weighted by Crippen LogP contribution is -2.21. The minimum atomic E-state index is -0.286. The molecule has 7 heteroatoms. The van der Waals surface area contributed by atoms with Crippen molar-refractivity contribution in [3.8, 4) is 0 Å². The number of hydrogen-bond donors (Lipinski definition) is 4. The predicted molar refractivity (Wildman–Crippen MR) is 71.6 cm³/mol. The van der Waals surface area contributed by atoms with Gasteiger partial charge in [-0.25, -0.2) is 4.98 Å². The van der Waals surface area contributed by atoms with Crippen molar-refractivity contribution in [2.24, 2.45) is 5.92 Å². The average molecular weight is 263 g/mol. The summed E-state index contributed by atoms with van der Waals surface area (Å²) in [4.78, 5) is 23.4. The largest absolute Gasteiger partial charge is 0.391 e. The number of nitrogens with two attached hydrogens (primary N) is 1. The van der Waals surface area contributed by atoms with Gasteiger partial charge in [-0.15, -0.1) is 0 Å². The number of anilines is 1. The van der Waals surface area contributed by atoms with Gasteiger partial charge in [-0.3, -0.25) is 14.7 Å². The Balaban J connectivity index is 1.92. The first-order chi connectivity index (χ1) is 9.04. The second-order valence-electron chi connectivity index (χ2n) is 5.23. The Kier molecular flexibility index (Phi) is 2.79. The number of nitrogens with zero attached hydrogens (tertiary/aromatic N) is 2. The van der Waals surface area contributed by atoms with Gasteiger partial charge in [0.2, 0.25) is 5.95 Å².